The highest BCUT2D eigenvalue weighted by molar-refractivity contribution is 7.98. The van der Waals surface area contributed by atoms with Crippen molar-refractivity contribution in [3.8, 4) is 17.1 Å². The van der Waals surface area contributed by atoms with E-state index < -0.39 is 0 Å². The zero-order valence-corrected chi connectivity index (χ0v) is 12.4. The molecular formula is C14H17N3OS. The Balaban J connectivity index is 2.32. The lowest BCUT2D eigenvalue weighted by atomic mass is 10.2. The van der Waals surface area contributed by atoms with Crippen LogP contribution >= 0.6 is 11.8 Å². The maximum absolute atomic E-state index is 5.76. The zero-order valence-electron chi connectivity index (χ0n) is 11.5. The SMILES string of the molecule is CSc1nccc(-c2ccnc(OC(C)(C)C)c2)n1. The van der Waals surface area contributed by atoms with E-state index in [4.69, 9.17) is 4.74 Å². The summed E-state index contributed by atoms with van der Waals surface area (Å²) in [5, 5.41) is 0.757. The smallest absolute Gasteiger partial charge is 0.214 e. The second-order valence-corrected chi connectivity index (χ2v) is 5.80. The molecule has 0 atom stereocenters. The van der Waals surface area contributed by atoms with Gasteiger partial charge >= 0.3 is 0 Å². The summed E-state index contributed by atoms with van der Waals surface area (Å²) in [4.78, 5) is 12.9. The van der Waals surface area contributed by atoms with Gasteiger partial charge in [-0.3, -0.25) is 0 Å². The Labute approximate surface area is 117 Å². The van der Waals surface area contributed by atoms with E-state index in [0.717, 1.165) is 16.4 Å². The van der Waals surface area contributed by atoms with Crippen molar-refractivity contribution in [3.05, 3.63) is 30.6 Å². The van der Waals surface area contributed by atoms with Gasteiger partial charge in [0, 0.05) is 24.0 Å². The summed E-state index contributed by atoms with van der Waals surface area (Å²) < 4.78 is 5.76. The van der Waals surface area contributed by atoms with Crippen LogP contribution in [0.4, 0.5) is 0 Å². The number of rotatable bonds is 3. The monoisotopic (exact) mass is 275 g/mol. The number of thioether (sulfide) groups is 1. The Morgan fingerprint density at radius 1 is 1.11 bits per heavy atom. The first-order valence-electron chi connectivity index (χ1n) is 6.00. The molecule has 0 saturated carbocycles. The molecule has 0 saturated heterocycles. The van der Waals surface area contributed by atoms with Crippen molar-refractivity contribution in [2.75, 3.05) is 6.26 Å². The van der Waals surface area contributed by atoms with Crippen LogP contribution in [0.2, 0.25) is 0 Å². The lowest BCUT2D eigenvalue weighted by Crippen LogP contribution is -2.23. The summed E-state index contributed by atoms with van der Waals surface area (Å²) in [6, 6.07) is 5.70. The van der Waals surface area contributed by atoms with Crippen molar-refractivity contribution in [1.82, 2.24) is 15.0 Å². The second-order valence-electron chi connectivity index (χ2n) is 5.03. The molecule has 0 amide bonds. The molecule has 0 bridgehead atoms. The number of ether oxygens (including phenoxy) is 1. The van der Waals surface area contributed by atoms with E-state index in [1.54, 1.807) is 12.4 Å². The van der Waals surface area contributed by atoms with Crippen molar-refractivity contribution in [3.63, 3.8) is 0 Å². The maximum atomic E-state index is 5.76. The summed E-state index contributed by atoms with van der Waals surface area (Å²) in [6.07, 6.45) is 5.45. The average molecular weight is 275 g/mol. The van der Waals surface area contributed by atoms with Crippen molar-refractivity contribution in [1.29, 1.82) is 0 Å². The number of hydrogen-bond acceptors (Lipinski definition) is 5. The second kappa shape index (κ2) is 5.57. The van der Waals surface area contributed by atoms with Crippen LogP contribution < -0.4 is 4.74 Å². The summed E-state index contributed by atoms with van der Waals surface area (Å²) in [6.45, 7) is 5.99. The van der Waals surface area contributed by atoms with Crippen molar-refractivity contribution in [2.45, 2.75) is 31.5 Å². The van der Waals surface area contributed by atoms with E-state index >= 15 is 0 Å². The number of nitrogens with zero attached hydrogens (tertiary/aromatic N) is 3. The highest BCUT2D eigenvalue weighted by Gasteiger charge is 2.13. The minimum absolute atomic E-state index is 0.262. The summed E-state index contributed by atoms with van der Waals surface area (Å²) in [7, 11) is 0. The van der Waals surface area contributed by atoms with Gasteiger partial charge in [0.2, 0.25) is 5.88 Å². The minimum Gasteiger partial charge on any atom is -0.472 e. The van der Waals surface area contributed by atoms with Crippen LogP contribution in [0.5, 0.6) is 5.88 Å². The predicted molar refractivity (Wildman–Crippen MR) is 77.4 cm³/mol. The molecule has 100 valence electrons. The fourth-order valence-corrected chi connectivity index (χ4v) is 1.89. The first-order chi connectivity index (χ1) is 8.98. The lowest BCUT2D eigenvalue weighted by Gasteiger charge is -2.20. The molecule has 4 nitrogen and oxygen atoms in total. The van der Waals surface area contributed by atoms with Gasteiger partial charge in [-0.05, 0) is 39.2 Å². The van der Waals surface area contributed by atoms with Crippen LogP contribution in [0.1, 0.15) is 20.8 Å². The van der Waals surface area contributed by atoms with E-state index in [0.29, 0.717) is 5.88 Å². The number of hydrogen-bond donors (Lipinski definition) is 0. The van der Waals surface area contributed by atoms with Crippen LogP contribution in [0.25, 0.3) is 11.3 Å². The van der Waals surface area contributed by atoms with Gasteiger partial charge in [-0.15, -0.1) is 0 Å². The Kier molecular flexibility index (Phi) is 4.04. The molecule has 19 heavy (non-hydrogen) atoms. The van der Waals surface area contributed by atoms with E-state index in [1.165, 1.54) is 11.8 Å². The predicted octanol–water partition coefficient (Wildman–Crippen LogP) is 3.44. The molecule has 2 rings (SSSR count). The molecule has 0 aliphatic heterocycles. The molecule has 0 radical (unpaired) electrons. The van der Waals surface area contributed by atoms with Gasteiger partial charge < -0.3 is 4.74 Å². The maximum Gasteiger partial charge on any atom is 0.214 e. The molecule has 0 aliphatic rings. The molecule has 2 aromatic rings. The largest absolute Gasteiger partial charge is 0.472 e. The molecule has 0 N–H and O–H groups in total. The van der Waals surface area contributed by atoms with Crippen LogP contribution in [0.3, 0.4) is 0 Å². The Hall–Kier alpha value is -1.62. The van der Waals surface area contributed by atoms with Gasteiger partial charge in [0.1, 0.15) is 5.60 Å². The lowest BCUT2D eigenvalue weighted by molar-refractivity contribution is 0.124. The standard InChI is InChI=1S/C14H17N3OS/c1-14(2,3)18-12-9-10(5-7-15-12)11-6-8-16-13(17-11)19-4/h5-9H,1-4H3. The van der Waals surface area contributed by atoms with Gasteiger partial charge in [0.15, 0.2) is 5.16 Å². The van der Waals surface area contributed by atoms with Crippen molar-refractivity contribution in [2.24, 2.45) is 0 Å². The number of aromatic nitrogens is 3. The van der Waals surface area contributed by atoms with Gasteiger partial charge in [0.25, 0.3) is 0 Å². The average Bonchev–Trinajstić information content (AvgIpc) is 2.37. The third-order valence-electron chi connectivity index (χ3n) is 2.26. The molecular weight excluding hydrogens is 258 g/mol. The Morgan fingerprint density at radius 3 is 2.53 bits per heavy atom. The van der Waals surface area contributed by atoms with Gasteiger partial charge in [0.05, 0.1) is 5.69 Å². The third-order valence-corrected chi connectivity index (χ3v) is 2.82. The Bertz CT molecular complexity index is 567. The fraction of sp³-hybridized carbons (Fsp3) is 0.357. The first-order valence-corrected chi connectivity index (χ1v) is 7.23. The van der Waals surface area contributed by atoms with E-state index in [1.807, 2.05) is 45.2 Å². The van der Waals surface area contributed by atoms with E-state index in [9.17, 15) is 0 Å². The quantitative estimate of drug-likeness (QED) is 0.634. The third kappa shape index (κ3) is 3.92. The minimum atomic E-state index is -0.262. The summed E-state index contributed by atoms with van der Waals surface area (Å²) in [5.41, 5.74) is 1.59. The normalized spacial score (nSPS) is 11.4. The van der Waals surface area contributed by atoms with Crippen molar-refractivity contribution >= 4 is 11.8 Å². The van der Waals surface area contributed by atoms with Crippen LogP contribution in [-0.2, 0) is 0 Å². The van der Waals surface area contributed by atoms with E-state index in [2.05, 4.69) is 15.0 Å². The molecule has 2 heterocycles. The van der Waals surface area contributed by atoms with Gasteiger partial charge in [-0.25, -0.2) is 15.0 Å². The molecule has 0 fully saturated rings. The van der Waals surface area contributed by atoms with Crippen LogP contribution in [0.15, 0.2) is 35.7 Å². The molecule has 0 aliphatic carbocycles. The molecule has 0 spiro atoms. The molecule has 0 unspecified atom stereocenters. The van der Waals surface area contributed by atoms with Gasteiger partial charge in [-0.1, -0.05) is 11.8 Å². The van der Waals surface area contributed by atoms with Crippen LogP contribution in [-0.4, -0.2) is 26.8 Å². The summed E-state index contributed by atoms with van der Waals surface area (Å²) >= 11 is 1.52. The topological polar surface area (TPSA) is 47.9 Å². The number of pyridine rings is 1. The van der Waals surface area contributed by atoms with E-state index in [-0.39, 0.29) is 5.60 Å². The summed E-state index contributed by atoms with van der Waals surface area (Å²) in [5.74, 6) is 0.606. The molecule has 5 heteroatoms. The highest BCUT2D eigenvalue weighted by atomic mass is 32.2. The highest BCUT2D eigenvalue weighted by Crippen LogP contribution is 2.23. The molecule has 2 aromatic heterocycles. The Morgan fingerprint density at radius 2 is 1.84 bits per heavy atom. The zero-order chi connectivity index (χ0) is 13.9. The van der Waals surface area contributed by atoms with Gasteiger partial charge in [-0.2, -0.15) is 0 Å². The first kappa shape index (κ1) is 13.8. The van der Waals surface area contributed by atoms with Crippen molar-refractivity contribution < 1.29 is 4.74 Å². The fourth-order valence-electron chi connectivity index (χ4n) is 1.54. The molecule has 0 aromatic carbocycles. The van der Waals surface area contributed by atoms with Crippen LogP contribution in [0, 0.1) is 0 Å².